The van der Waals surface area contributed by atoms with Gasteiger partial charge in [-0.05, 0) is 6.07 Å². The van der Waals surface area contributed by atoms with Gasteiger partial charge in [-0.2, -0.15) is 0 Å². The molecule has 0 heterocycles. The molecule has 0 aliphatic rings. The quantitative estimate of drug-likeness (QED) is 0.683. The summed E-state index contributed by atoms with van der Waals surface area (Å²) in [5.74, 6) is -0.749. The molecule has 88 valence electrons. The Morgan fingerprint density at radius 3 is 2.56 bits per heavy atom. The van der Waals surface area contributed by atoms with Crippen molar-refractivity contribution in [2.75, 3.05) is 7.11 Å². The molecule has 16 heavy (non-hydrogen) atoms. The lowest BCUT2D eigenvalue weighted by Crippen LogP contribution is -2.22. The molecule has 0 amide bonds. The maximum atomic E-state index is 10.4. The standard InChI is InChI=1S/C11H14O5/c1-16-9-5-3-2-4-7(9)11(15)8(12)6-10(13)14/h2-5,8,11-12,15H,6H2,1H3,(H,13,14). The number of aliphatic hydroxyl groups excluding tert-OH is 2. The van der Waals surface area contributed by atoms with Crippen LogP contribution in [0, 0.1) is 0 Å². The summed E-state index contributed by atoms with van der Waals surface area (Å²) in [5, 5.41) is 27.7. The van der Waals surface area contributed by atoms with Crippen LogP contribution >= 0.6 is 0 Å². The van der Waals surface area contributed by atoms with Gasteiger partial charge in [-0.15, -0.1) is 0 Å². The van der Waals surface area contributed by atoms with E-state index in [9.17, 15) is 15.0 Å². The van der Waals surface area contributed by atoms with Crippen LogP contribution in [-0.2, 0) is 4.79 Å². The number of methoxy groups -OCH3 is 1. The van der Waals surface area contributed by atoms with Crippen LogP contribution in [0.15, 0.2) is 24.3 Å². The SMILES string of the molecule is COc1ccccc1C(O)C(O)CC(=O)O. The summed E-state index contributed by atoms with van der Waals surface area (Å²) in [6.07, 6.45) is -3.14. The minimum Gasteiger partial charge on any atom is -0.496 e. The number of para-hydroxylation sites is 1. The number of carbonyl (C=O) groups is 1. The Morgan fingerprint density at radius 2 is 2.00 bits per heavy atom. The van der Waals surface area contributed by atoms with Gasteiger partial charge in [0.1, 0.15) is 11.9 Å². The van der Waals surface area contributed by atoms with Crippen LogP contribution in [0.1, 0.15) is 18.1 Å². The van der Waals surface area contributed by atoms with Crippen molar-refractivity contribution in [3.63, 3.8) is 0 Å². The van der Waals surface area contributed by atoms with Gasteiger partial charge in [-0.1, -0.05) is 18.2 Å². The summed E-state index contributed by atoms with van der Waals surface area (Å²) in [6, 6.07) is 6.60. The van der Waals surface area contributed by atoms with Gasteiger partial charge >= 0.3 is 5.97 Å². The molecule has 0 fully saturated rings. The number of carboxylic acids is 1. The third kappa shape index (κ3) is 2.95. The smallest absolute Gasteiger partial charge is 0.306 e. The van der Waals surface area contributed by atoms with E-state index in [4.69, 9.17) is 9.84 Å². The highest BCUT2D eigenvalue weighted by molar-refractivity contribution is 5.67. The number of carboxylic acid groups (broad SMARTS) is 1. The van der Waals surface area contributed by atoms with Crippen molar-refractivity contribution in [2.24, 2.45) is 0 Å². The van der Waals surface area contributed by atoms with Gasteiger partial charge < -0.3 is 20.1 Å². The van der Waals surface area contributed by atoms with E-state index in [2.05, 4.69) is 0 Å². The molecule has 1 aromatic rings. The van der Waals surface area contributed by atoms with Gasteiger partial charge in [-0.25, -0.2) is 0 Å². The number of ether oxygens (including phenoxy) is 1. The van der Waals surface area contributed by atoms with Crippen LogP contribution in [-0.4, -0.2) is 34.5 Å². The average molecular weight is 226 g/mol. The van der Waals surface area contributed by atoms with Crippen molar-refractivity contribution < 1.29 is 24.9 Å². The van der Waals surface area contributed by atoms with Crippen LogP contribution < -0.4 is 4.74 Å². The third-order valence-electron chi connectivity index (χ3n) is 2.21. The molecule has 0 aromatic heterocycles. The second kappa shape index (κ2) is 5.48. The zero-order valence-electron chi connectivity index (χ0n) is 8.83. The zero-order valence-corrected chi connectivity index (χ0v) is 8.83. The minimum absolute atomic E-state index is 0.374. The second-order valence-electron chi connectivity index (χ2n) is 3.35. The molecule has 0 spiro atoms. The summed E-state index contributed by atoms with van der Waals surface area (Å²) < 4.78 is 5.00. The lowest BCUT2D eigenvalue weighted by atomic mass is 10.0. The molecule has 2 unspecified atom stereocenters. The molecule has 0 saturated heterocycles. The van der Waals surface area contributed by atoms with Crippen molar-refractivity contribution in [2.45, 2.75) is 18.6 Å². The van der Waals surface area contributed by atoms with Crippen LogP contribution in [0.4, 0.5) is 0 Å². The van der Waals surface area contributed by atoms with Gasteiger partial charge in [0.05, 0.1) is 19.6 Å². The molecular weight excluding hydrogens is 212 g/mol. The maximum Gasteiger partial charge on any atom is 0.306 e. The van der Waals surface area contributed by atoms with E-state index in [1.54, 1.807) is 24.3 Å². The highest BCUT2D eigenvalue weighted by atomic mass is 16.5. The van der Waals surface area contributed by atoms with Crippen LogP contribution in [0.2, 0.25) is 0 Å². The summed E-state index contributed by atoms with van der Waals surface area (Å²) in [4.78, 5) is 10.4. The van der Waals surface area contributed by atoms with E-state index in [1.165, 1.54) is 7.11 Å². The van der Waals surface area contributed by atoms with E-state index in [1.807, 2.05) is 0 Å². The molecule has 5 heteroatoms. The van der Waals surface area contributed by atoms with Crippen LogP contribution in [0.3, 0.4) is 0 Å². The van der Waals surface area contributed by atoms with Gasteiger partial charge in [0, 0.05) is 5.56 Å². The molecule has 3 N–H and O–H groups in total. The lowest BCUT2D eigenvalue weighted by molar-refractivity contribution is -0.141. The number of aliphatic carboxylic acids is 1. The molecule has 1 rings (SSSR count). The lowest BCUT2D eigenvalue weighted by Gasteiger charge is -2.18. The number of aliphatic hydroxyl groups is 2. The average Bonchev–Trinajstić information content (AvgIpc) is 2.27. The van der Waals surface area contributed by atoms with Gasteiger partial charge in [-0.3, -0.25) is 4.79 Å². The molecule has 1 aromatic carbocycles. The molecule has 0 aliphatic carbocycles. The summed E-state index contributed by atoms with van der Waals surface area (Å²) in [6.45, 7) is 0. The third-order valence-corrected chi connectivity index (χ3v) is 2.21. The van der Waals surface area contributed by atoms with Gasteiger partial charge in [0.2, 0.25) is 0 Å². The van der Waals surface area contributed by atoms with Crippen molar-refractivity contribution in [3.05, 3.63) is 29.8 Å². The Bertz CT molecular complexity index is 363. The highest BCUT2D eigenvalue weighted by Crippen LogP contribution is 2.27. The van der Waals surface area contributed by atoms with Crippen molar-refractivity contribution in [1.82, 2.24) is 0 Å². The molecule has 5 nitrogen and oxygen atoms in total. The first-order valence-electron chi connectivity index (χ1n) is 4.77. The Hall–Kier alpha value is -1.59. The van der Waals surface area contributed by atoms with E-state index in [0.717, 1.165) is 0 Å². The van der Waals surface area contributed by atoms with Crippen LogP contribution in [0.25, 0.3) is 0 Å². The van der Waals surface area contributed by atoms with Crippen molar-refractivity contribution >= 4 is 5.97 Å². The summed E-state index contributed by atoms with van der Waals surface area (Å²) in [7, 11) is 1.44. The van der Waals surface area contributed by atoms with E-state index < -0.39 is 24.6 Å². The van der Waals surface area contributed by atoms with Crippen molar-refractivity contribution in [3.8, 4) is 5.75 Å². The molecule has 0 aliphatic heterocycles. The number of hydrogen-bond acceptors (Lipinski definition) is 4. The second-order valence-corrected chi connectivity index (χ2v) is 3.35. The monoisotopic (exact) mass is 226 g/mol. The Kier molecular flexibility index (Phi) is 4.28. The summed E-state index contributed by atoms with van der Waals surface area (Å²) >= 11 is 0. The first kappa shape index (κ1) is 12.5. The molecule has 0 radical (unpaired) electrons. The van der Waals surface area contributed by atoms with Crippen molar-refractivity contribution in [1.29, 1.82) is 0 Å². The van der Waals surface area contributed by atoms with E-state index in [-0.39, 0.29) is 0 Å². The first-order valence-corrected chi connectivity index (χ1v) is 4.77. The fourth-order valence-corrected chi connectivity index (χ4v) is 1.41. The number of benzene rings is 1. The maximum absolute atomic E-state index is 10.4. The Labute approximate surface area is 92.9 Å². The van der Waals surface area contributed by atoms with Crippen LogP contribution in [0.5, 0.6) is 5.75 Å². The fourth-order valence-electron chi connectivity index (χ4n) is 1.41. The molecule has 2 atom stereocenters. The molecular formula is C11H14O5. The number of rotatable bonds is 5. The minimum atomic E-state index is -1.35. The largest absolute Gasteiger partial charge is 0.496 e. The fraction of sp³-hybridized carbons (Fsp3) is 0.364. The molecule has 0 bridgehead atoms. The Morgan fingerprint density at radius 1 is 1.38 bits per heavy atom. The highest BCUT2D eigenvalue weighted by Gasteiger charge is 2.23. The predicted molar refractivity (Wildman–Crippen MR) is 56.2 cm³/mol. The van der Waals surface area contributed by atoms with E-state index in [0.29, 0.717) is 11.3 Å². The van der Waals surface area contributed by atoms with Gasteiger partial charge in [0.15, 0.2) is 0 Å². The normalized spacial score (nSPS) is 14.2. The zero-order chi connectivity index (χ0) is 12.1. The first-order chi connectivity index (χ1) is 7.56. The van der Waals surface area contributed by atoms with E-state index >= 15 is 0 Å². The van der Waals surface area contributed by atoms with Gasteiger partial charge in [0.25, 0.3) is 0 Å². The summed E-state index contributed by atoms with van der Waals surface area (Å²) in [5.41, 5.74) is 0.374. The topological polar surface area (TPSA) is 87.0 Å². The molecule has 0 saturated carbocycles. The predicted octanol–water partition coefficient (Wildman–Crippen LogP) is 0.564. The Balaban J connectivity index is 2.86. The number of hydrogen-bond donors (Lipinski definition) is 3.